The monoisotopic (exact) mass is 178 g/mol. The van der Waals surface area contributed by atoms with Crippen molar-refractivity contribution in [1.82, 2.24) is 0 Å². The number of rotatable bonds is 4. The first-order chi connectivity index (χ1) is 4.77. The molecule has 0 saturated carbocycles. The van der Waals surface area contributed by atoms with E-state index in [-0.39, 0.29) is 5.41 Å². The topological polar surface area (TPSA) is 26.3 Å². The van der Waals surface area contributed by atoms with Crippen molar-refractivity contribution in [3.05, 3.63) is 0 Å². The second-order valence-corrected chi connectivity index (χ2v) is 6.81. The van der Waals surface area contributed by atoms with E-state index in [1.165, 1.54) is 0 Å². The van der Waals surface area contributed by atoms with Crippen LogP contribution in [0.4, 0.5) is 0 Å². The van der Waals surface area contributed by atoms with E-state index >= 15 is 0 Å². The molecule has 0 heterocycles. The highest BCUT2D eigenvalue weighted by Crippen LogP contribution is 2.39. The minimum Gasteiger partial charge on any atom is -0.328 e. The van der Waals surface area contributed by atoms with Gasteiger partial charge in [0.15, 0.2) is 7.37 Å². The van der Waals surface area contributed by atoms with Crippen LogP contribution in [0.2, 0.25) is 0 Å². The molecule has 0 unspecified atom stereocenters. The van der Waals surface area contributed by atoms with Gasteiger partial charge < -0.3 is 4.52 Å². The van der Waals surface area contributed by atoms with E-state index in [1.54, 1.807) is 13.3 Å². The quantitative estimate of drug-likeness (QED) is 0.618. The largest absolute Gasteiger partial charge is 0.328 e. The molecule has 68 valence electrons. The molecule has 0 spiro atoms. The van der Waals surface area contributed by atoms with Crippen LogP contribution in [0.15, 0.2) is 0 Å². The molecule has 0 amide bonds. The van der Waals surface area contributed by atoms with Gasteiger partial charge in [-0.1, -0.05) is 20.8 Å². The van der Waals surface area contributed by atoms with Crippen LogP contribution < -0.4 is 0 Å². The predicted octanol–water partition coefficient (Wildman–Crippen LogP) is 2.98. The lowest BCUT2D eigenvalue weighted by molar-refractivity contribution is 0.180. The lowest BCUT2D eigenvalue weighted by Gasteiger charge is -2.23. The first kappa shape index (κ1) is 11.2. The van der Waals surface area contributed by atoms with E-state index in [2.05, 4.69) is 20.8 Å². The van der Waals surface area contributed by atoms with Crippen LogP contribution in [-0.4, -0.2) is 19.9 Å². The van der Waals surface area contributed by atoms with E-state index in [0.717, 1.165) is 6.42 Å². The number of hydrogen-bond acceptors (Lipinski definition) is 2. The average Bonchev–Trinajstić information content (AvgIpc) is 1.83. The third kappa shape index (κ3) is 6.58. The maximum atomic E-state index is 11.2. The Bertz CT molecular complexity index is 157. The standard InChI is InChI=1S/C8H19O2P/c1-6-8(2,3)7-10-11(4,5)9/h6-7H2,1-5H3. The van der Waals surface area contributed by atoms with E-state index in [4.69, 9.17) is 4.52 Å². The molecule has 0 aromatic rings. The molecule has 3 heteroatoms. The summed E-state index contributed by atoms with van der Waals surface area (Å²) >= 11 is 0. The van der Waals surface area contributed by atoms with Crippen LogP contribution in [0.3, 0.4) is 0 Å². The summed E-state index contributed by atoms with van der Waals surface area (Å²) in [5.41, 5.74) is 0.154. The van der Waals surface area contributed by atoms with Gasteiger partial charge in [0.2, 0.25) is 0 Å². The first-order valence-electron chi connectivity index (χ1n) is 3.96. The van der Waals surface area contributed by atoms with E-state index < -0.39 is 7.37 Å². The third-order valence-corrected chi connectivity index (χ3v) is 2.47. The van der Waals surface area contributed by atoms with Crippen molar-refractivity contribution in [2.75, 3.05) is 19.9 Å². The van der Waals surface area contributed by atoms with Gasteiger partial charge in [-0.15, -0.1) is 0 Å². The Labute approximate surface area is 69.8 Å². The van der Waals surface area contributed by atoms with Gasteiger partial charge in [-0.2, -0.15) is 0 Å². The summed E-state index contributed by atoms with van der Waals surface area (Å²) in [5, 5.41) is 0. The molecule has 0 rings (SSSR count). The number of hydrogen-bond donors (Lipinski definition) is 0. The Morgan fingerprint density at radius 2 is 1.82 bits per heavy atom. The first-order valence-corrected chi connectivity index (χ1v) is 6.48. The molecule has 0 atom stereocenters. The lowest BCUT2D eigenvalue weighted by atomic mass is 9.92. The summed E-state index contributed by atoms with van der Waals surface area (Å²) < 4.78 is 16.4. The summed E-state index contributed by atoms with van der Waals surface area (Å²) in [6.07, 6.45) is 1.05. The fourth-order valence-corrected chi connectivity index (χ4v) is 1.09. The minimum absolute atomic E-state index is 0.154. The highest BCUT2D eigenvalue weighted by molar-refractivity contribution is 7.57. The molecule has 0 N–H and O–H groups in total. The van der Waals surface area contributed by atoms with Crippen LogP contribution in [-0.2, 0) is 9.09 Å². The molecule has 0 aliphatic carbocycles. The predicted molar refractivity (Wildman–Crippen MR) is 49.5 cm³/mol. The fraction of sp³-hybridized carbons (Fsp3) is 1.00. The Hall–Kier alpha value is 0.190. The van der Waals surface area contributed by atoms with Gasteiger partial charge in [-0.25, -0.2) is 0 Å². The summed E-state index contributed by atoms with van der Waals surface area (Å²) in [6.45, 7) is 10.2. The molecule has 0 aromatic carbocycles. The van der Waals surface area contributed by atoms with Gasteiger partial charge in [-0.3, -0.25) is 4.57 Å². The molecular formula is C8H19O2P. The summed E-state index contributed by atoms with van der Waals surface area (Å²) in [6, 6.07) is 0. The van der Waals surface area contributed by atoms with Gasteiger partial charge in [0.25, 0.3) is 0 Å². The van der Waals surface area contributed by atoms with E-state index in [1.807, 2.05) is 0 Å². The van der Waals surface area contributed by atoms with Gasteiger partial charge in [-0.05, 0) is 11.8 Å². The zero-order valence-corrected chi connectivity index (χ0v) is 9.07. The summed E-state index contributed by atoms with van der Waals surface area (Å²) in [7, 11) is -2.28. The zero-order chi connectivity index (χ0) is 9.12. The third-order valence-electron chi connectivity index (χ3n) is 1.72. The van der Waals surface area contributed by atoms with Crippen molar-refractivity contribution in [2.45, 2.75) is 27.2 Å². The van der Waals surface area contributed by atoms with Gasteiger partial charge >= 0.3 is 0 Å². The molecule has 0 aliphatic heterocycles. The van der Waals surface area contributed by atoms with Gasteiger partial charge in [0.05, 0.1) is 6.61 Å². The van der Waals surface area contributed by atoms with Crippen LogP contribution >= 0.6 is 7.37 Å². The Morgan fingerprint density at radius 3 is 2.09 bits per heavy atom. The lowest BCUT2D eigenvalue weighted by Crippen LogP contribution is -2.16. The Kier molecular flexibility index (Phi) is 3.79. The van der Waals surface area contributed by atoms with Crippen molar-refractivity contribution in [3.63, 3.8) is 0 Å². The molecule has 0 aromatic heterocycles. The molecule has 0 saturated heterocycles. The molecule has 0 fully saturated rings. The van der Waals surface area contributed by atoms with Crippen molar-refractivity contribution < 1.29 is 9.09 Å². The van der Waals surface area contributed by atoms with Crippen molar-refractivity contribution in [1.29, 1.82) is 0 Å². The molecule has 11 heavy (non-hydrogen) atoms. The summed E-state index contributed by atoms with van der Waals surface area (Å²) in [4.78, 5) is 0. The van der Waals surface area contributed by atoms with Gasteiger partial charge in [0.1, 0.15) is 0 Å². The highest BCUT2D eigenvalue weighted by atomic mass is 31.2. The van der Waals surface area contributed by atoms with Crippen LogP contribution in [0.1, 0.15) is 27.2 Å². The fourth-order valence-electron chi connectivity index (χ4n) is 0.432. The average molecular weight is 178 g/mol. The molecular weight excluding hydrogens is 159 g/mol. The van der Waals surface area contributed by atoms with Crippen LogP contribution in [0.5, 0.6) is 0 Å². The van der Waals surface area contributed by atoms with Crippen molar-refractivity contribution >= 4 is 7.37 Å². The van der Waals surface area contributed by atoms with Crippen LogP contribution in [0.25, 0.3) is 0 Å². The Balaban J connectivity index is 3.80. The maximum absolute atomic E-state index is 11.2. The van der Waals surface area contributed by atoms with Gasteiger partial charge in [0, 0.05) is 13.3 Å². The molecule has 0 bridgehead atoms. The summed E-state index contributed by atoms with van der Waals surface area (Å²) in [5.74, 6) is 0. The second-order valence-electron chi connectivity index (χ2n) is 4.04. The molecule has 0 aliphatic rings. The van der Waals surface area contributed by atoms with Crippen LogP contribution in [0, 0.1) is 5.41 Å². The normalized spacial score (nSPS) is 13.5. The van der Waals surface area contributed by atoms with Crippen molar-refractivity contribution in [2.24, 2.45) is 5.41 Å². The zero-order valence-electron chi connectivity index (χ0n) is 8.18. The second kappa shape index (κ2) is 3.73. The SMILES string of the molecule is CCC(C)(C)COP(C)(C)=O. The maximum Gasteiger partial charge on any atom is 0.197 e. The van der Waals surface area contributed by atoms with Crippen molar-refractivity contribution in [3.8, 4) is 0 Å². The van der Waals surface area contributed by atoms with E-state index in [9.17, 15) is 4.57 Å². The molecule has 2 nitrogen and oxygen atoms in total. The highest BCUT2D eigenvalue weighted by Gasteiger charge is 2.18. The molecule has 0 radical (unpaired) electrons. The Morgan fingerprint density at radius 1 is 1.36 bits per heavy atom. The minimum atomic E-state index is -2.28. The smallest absolute Gasteiger partial charge is 0.197 e. The van der Waals surface area contributed by atoms with E-state index in [0.29, 0.717) is 6.61 Å².